The number of nitrogens with one attached hydrogen (secondary N) is 1. The van der Waals surface area contributed by atoms with Crippen molar-refractivity contribution in [1.82, 2.24) is 14.9 Å². The number of nitrogens with zero attached hydrogens (tertiary/aromatic N) is 2. The minimum absolute atomic E-state index is 0.561. The van der Waals surface area contributed by atoms with E-state index in [0.29, 0.717) is 6.04 Å². The molecule has 4 heteroatoms. The molecule has 19 heavy (non-hydrogen) atoms. The zero-order valence-electron chi connectivity index (χ0n) is 11.4. The van der Waals surface area contributed by atoms with Gasteiger partial charge in [0.1, 0.15) is 0 Å². The maximum Gasteiger partial charge on any atom is 0.0794 e. The highest BCUT2D eigenvalue weighted by atomic mass is 32.1. The van der Waals surface area contributed by atoms with Crippen LogP contribution in [0.4, 0.5) is 0 Å². The van der Waals surface area contributed by atoms with Crippen molar-refractivity contribution in [2.24, 2.45) is 0 Å². The maximum absolute atomic E-state index is 4.15. The first-order chi connectivity index (χ1) is 9.36. The average molecular weight is 275 g/mol. The average Bonchev–Trinajstić information content (AvgIpc) is 3.05. The molecule has 0 spiro atoms. The first-order valence-electron chi connectivity index (χ1n) is 7.16. The molecular formula is C15H21N3S. The molecule has 0 radical (unpaired) electrons. The van der Waals surface area contributed by atoms with Crippen molar-refractivity contribution in [1.29, 1.82) is 0 Å². The van der Waals surface area contributed by atoms with E-state index in [2.05, 4.69) is 34.2 Å². The van der Waals surface area contributed by atoms with Crippen molar-refractivity contribution in [3.63, 3.8) is 0 Å². The van der Waals surface area contributed by atoms with Crippen LogP contribution in [0.2, 0.25) is 0 Å². The van der Waals surface area contributed by atoms with Gasteiger partial charge in [-0.05, 0) is 43.4 Å². The highest BCUT2D eigenvalue weighted by molar-refractivity contribution is 7.09. The number of rotatable bonds is 5. The van der Waals surface area contributed by atoms with E-state index in [0.717, 1.165) is 13.1 Å². The van der Waals surface area contributed by atoms with Gasteiger partial charge in [-0.1, -0.05) is 6.92 Å². The molecule has 102 valence electrons. The minimum Gasteiger partial charge on any atom is -0.348 e. The van der Waals surface area contributed by atoms with Crippen molar-refractivity contribution in [2.75, 3.05) is 6.54 Å². The number of aryl methyl sites for hydroxylation is 1. The summed E-state index contributed by atoms with van der Waals surface area (Å²) in [5, 5.41) is 3.68. The third-order valence-electron chi connectivity index (χ3n) is 3.77. The molecule has 0 saturated carbocycles. The van der Waals surface area contributed by atoms with Gasteiger partial charge in [0.25, 0.3) is 0 Å². The predicted molar refractivity (Wildman–Crippen MR) is 79.6 cm³/mol. The van der Waals surface area contributed by atoms with E-state index in [1.165, 1.54) is 41.7 Å². The van der Waals surface area contributed by atoms with Gasteiger partial charge in [-0.15, -0.1) is 11.3 Å². The second kappa shape index (κ2) is 5.88. The van der Waals surface area contributed by atoms with Crippen LogP contribution in [0.1, 0.15) is 48.2 Å². The molecule has 0 aromatic carbocycles. The van der Waals surface area contributed by atoms with E-state index in [1.54, 1.807) is 11.3 Å². The molecular weight excluding hydrogens is 254 g/mol. The van der Waals surface area contributed by atoms with E-state index < -0.39 is 0 Å². The molecule has 2 heterocycles. The first-order valence-corrected chi connectivity index (χ1v) is 8.04. The fourth-order valence-electron chi connectivity index (χ4n) is 2.87. The lowest BCUT2D eigenvalue weighted by Gasteiger charge is -2.23. The van der Waals surface area contributed by atoms with Crippen molar-refractivity contribution < 1.29 is 0 Å². The van der Waals surface area contributed by atoms with Gasteiger partial charge in [-0.25, -0.2) is 0 Å². The lowest BCUT2D eigenvalue weighted by molar-refractivity contribution is 0.462. The van der Waals surface area contributed by atoms with E-state index in [9.17, 15) is 0 Å². The second-order valence-corrected chi connectivity index (χ2v) is 6.25. The Balaban J connectivity index is 1.77. The summed E-state index contributed by atoms with van der Waals surface area (Å²) in [5.74, 6) is 0. The molecule has 0 bridgehead atoms. The van der Waals surface area contributed by atoms with E-state index in [4.69, 9.17) is 0 Å². The third-order valence-corrected chi connectivity index (χ3v) is 4.54. The molecule has 1 atom stereocenters. The third kappa shape index (κ3) is 2.90. The molecule has 1 aliphatic rings. The van der Waals surface area contributed by atoms with Gasteiger partial charge in [0.2, 0.25) is 0 Å². The van der Waals surface area contributed by atoms with Gasteiger partial charge in [0.05, 0.1) is 12.1 Å². The molecule has 1 unspecified atom stereocenters. The summed E-state index contributed by atoms with van der Waals surface area (Å²) >= 11 is 1.73. The SMILES string of the molecule is CCCNC1CCCc2cn(Cc3cncs3)cc21. The molecule has 3 nitrogen and oxygen atoms in total. The predicted octanol–water partition coefficient (Wildman–Crippen LogP) is 3.37. The molecule has 1 N–H and O–H groups in total. The van der Waals surface area contributed by atoms with Gasteiger partial charge >= 0.3 is 0 Å². The van der Waals surface area contributed by atoms with Gasteiger partial charge in [0.15, 0.2) is 0 Å². The molecule has 0 fully saturated rings. The Hall–Kier alpha value is -1.13. The summed E-state index contributed by atoms with van der Waals surface area (Å²) in [6, 6.07) is 0.561. The smallest absolute Gasteiger partial charge is 0.0794 e. The standard InChI is InChI=1S/C15H21N3S/c1-2-6-17-15-5-3-4-12-8-18(10-14(12)15)9-13-7-16-11-19-13/h7-8,10-11,15,17H,2-6,9H2,1H3. The summed E-state index contributed by atoms with van der Waals surface area (Å²) in [6.07, 6.45) is 11.6. The Kier molecular flexibility index (Phi) is 3.99. The molecule has 0 aliphatic heterocycles. The van der Waals surface area contributed by atoms with Crippen LogP contribution < -0.4 is 5.32 Å². The summed E-state index contributed by atoms with van der Waals surface area (Å²) in [7, 11) is 0. The van der Waals surface area contributed by atoms with Crippen molar-refractivity contribution in [3.8, 4) is 0 Å². The number of hydrogen-bond acceptors (Lipinski definition) is 3. The number of hydrogen-bond donors (Lipinski definition) is 1. The van der Waals surface area contributed by atoms with Gasteiger partial charge < -0.3 is 9.88 Å². The van der Waals surface area contributed by atoms with E-state index in [-0.39, 0.29) is 0 Å². The van der Waals surface area contributed by atoms with Crippen LogP contribution in [0, 0.1) is 0 Å². The summed E-state index contributed by atoms with van der Waals surface area (Å²) in [6.45, 7) is 4.30. The summed E-state index contributed by atoms with van der Waals surface area (Å²) in [4.78, 5) is 5.47. The normalized spacial score (nSPS) is 18.5. The Morgan fingerprint density at radius 1 is 1.47 bits per heavy atom. The molecule has 2 aromatic rings. The number of thiazole rings is 1. The van der Waals surface area contributed by atoms with Gasteiger partial charge in [-0.3, -0.25) is 4.98 Å². The molecule has 0 saturated heterocycles. The number of aromatic nitrogens is 2. The van der Waals surface area contributed by atoms with Crippen LogP contribution in [0.3, 0.4) is 0 Å². The van der Waals surface area contributed by atoms with Gasteiger partial charge in [0, 0.05) is 29.5 Å². The Morgan fingerprint density at radius 3 is 3.21 bits per heavy atom. The fourth-order valence-corrected chi connectivity index (χ4v) is 3.47. The second-order valence-electron chi connectivity index (χ2n) is 5.28. The van der Waals surface area contributed by atoms with Crippen LogP contribution in [-0.2, 0) is 13.0 Å². The van der Waals surface area contributed by atoms with Gasteiger partial charge in [-0.2, -0.15) is 0 Å². The first kappa shape index (κ1) is 12.9. The van der Waals surface area contributed by atoms with Crippen LogP contribution in [0.5, 0.6) is 0 Å². The Labute approximate surface area is 118 Å². The Morgan fingerprint density at radius 2 is 2.42 bits per heavy atom. The zero-order valence-corrected chi connectivity index (χ0v) is 12.2. The van der Waals surface area contributed by atoms with Crippen molar-refractivity contribution in [2.45, 2.75) is 45.2 Å². The van der Waals surface area contributed by atoms with Crippen LogP contribution in [0.15, 0.2) is 24.1 Å². The quantitative estimate of drug-likeness (QED) is 0.906. The molecule has 3 rings (SSSR count). The van der Waals surface area contributed by atoms with Crippen molar-refractivity contribution in [3.05, 3.63) is 40.1 Å². The fraction of sp³-hybridized carbons (Fsp3) is 0.533. The minimum atomic E-state index is 0.561. The van der Waals surface area contributed by atoms with Crippen LogP contribution >= 0.6 is 11.3 Å². The topological polar surface area (TPSA) is 29.9 Å². The maximum atomic E-state index is 4.15. The van der Waals surface area contributed by atoms with E-state index in [1.807, 2.05) is 11.7 Å². The van der Waals surface area contributed by atoms with Crippen molar-refractivity contribution >= 4 is 11.3 Å². The highest BCUT2D eigenvalue weighted by Crippen LogP contribution is 2.30. The largest absolute Gasteiger partial charge is 0.348 e. The molecule has 1 aliphatic carbocycles. The van der Waals surface area contributed by atoms with Crippen LogP contribution in [-0.4, -0.2) is 16.1 Å². The Bertz CT molecular complexity index is 515. The lowest BCUT2D eigenvalue weighted by atomic mass is 9.91. The van der Waals surface area contributed by atoms with Crippen LogP contribution in [0.25, 0.3) is 0 Å². The van der Waals surface area contributed by atoms with E-state index >= 15 is 0 Å². The highest BCUT2D eigenvalue weighted by Gasteiger charge is 2.21. The number of fused-ring (bicyclic) bond motifs is 1. The monoisotopic (exact) mass is 275 g/mol. The molecule has 2 aromatic heterocycles. The molecule has 0 amide bonds. The zero-order chi connectivity index (χ0) is 13.1. The summed E-state index contributed by atoms with van der Waals surface area (Å²) in [5.41, 5.74) is 4.96. The summed E-state index contributed by atoms with van der Waals surface area (Å²) < 4.78 is 2.32. The lowest BCUT2D eigenvalue weighted by Crippen LogP contribution is -2.24.